The van der Waals surface area contributed by atoms with E-state index >= 15 is 0 Å². The summed E-state index contributed by atoms with van der Waals surface area (Å²) in [7, 11) is 1.46. The molecule has 1 saturated heterocycles. The van der Waals surface area contributed by atoms with Gasteiger partial charge in [0.2, 0.25) is 0 Å². The third-order valence-electron chi connectivity index (χ3n) is 5.05. The van der Waals surface area contributed by atoms with Gasteiger partial charge in [0.15, 0.2) is 0 Å². The number of nitrogens with one attached hydrogen (secondary N) is 1. The molecule has 3 nitrogen and oxygen atoms in total. The predicted molar refractivity (Wildman–Crippen MR) is 109 cm³/mol. The highest BCUT2D eigenvalue weighted by Crippen LogP contribution is 2.44. The standard InChI is InChI=1S/C22H27NO2S/c1-3-4-14-26-22(15-20(23-16-22)21(24)25-2)19-12-10-18(11-13-19)17-8-6-5-7-9-17/h5-13,20,23H,3-4,14-16H2,1-2H3/t20-,22-/m0/s1. The lowest BCUT2D eigenvalue weighted by Crippen LogP contribution is -2.31. The third-order valence-corrected chi connectivity index (χ3v) is 6.64. The van der Waals surface area contributed by atoms with Gasteiger partial charge in [-0.3, -0.25) is 4.79 Å². The van der Waals surface area contributed by atoms with Crippen molar-refractivity contribution >= 4 is 17.7 Å². The van der Waals surface area contributed by atoms with Crippen LogP contribution in [0.1, 0.15) is 31.7 Å². The normalized spacial score (nSPS) is 22.3. The predicted octanol–water partition coefficient (Wildman–Crippen LogP) is 4.62. The second-order valence-electron chi connectivity index (χ2n) is 6.80. The summed E-state index contributed by atoms with van der Waals surface area (Å²) in [6.07, 6.45) is 3.15. The van der Waals surface area contributed by atoms with Crippen molar-refractivity contribution in [1.82, 2.24) is 5.32 Å². The first kappa shape index (κ1) is 19.0. The van der Waals surface area contributed by atoms with Crippen LogP contribution in [0.15, 0.2) is 54.6 Å². The van der Waals surface area contributed by atoms with Crippen molar-refractivity contribution < 1.29 is 9.53 Å². The summed E-state index contributed by atoms with van der Waals surface area (Å²) in [4.78, 5) is 12.0. The number of hydrogen-bond acceptors (Lipinski definition) is 4. The highest BCUT2D eigenvalue weighted by Gasteiger charge is 2.43. The van der Waals surface area contributed by atoms with Crippen molar-refractivity contribution in [1.29, 1.82) is 0 Å². The highest BCUT2D eigenvalue weighted by molar-refractivity contribution is 8.00. The molecule has 2 aromatic carbocycles. The van der Waals surface area contributed by atoms with Gasteiger partial charge in [0.1, 0.15) is 6.04 Å². The minimum Gasteiger partial charge on any atom is -0.468 e. The number of unbranched alkanes of at least 4 members (excludes halogenated alkanes) is 1. The fourth-order valence-corrected chi connectivity index (χ4v) is 5.09. The van der Waals surface area contributed by atoms with Crippen LogP contribution >= 0.6 is 11.8 Å². The molecule has 1 aliphatic rings. The molecule has 0 aromatic heterocycles. The molecular formula is C22H27NO2S. The number of hydrogen-bond donors (Lipinski definition) is 1. The van der Waals surface area contributed by atoms with Gasteiger partial charge >= 0.3 is 5.97 Å². The SMILES string of the molecule is CCCCS[C@]1(c2ccc(-c3ccccc3)cc2)CN[C@H](C(=O)OC)C1. The van der Waals surface area contributed by atoms with Gasteiger partial charge < -0.3 is 10.1 Å². The number of ether oxygens (including phenoxy) is 1. The molecule has 1 heterocycles. The van der Waals surface area contributed by atoms with E-state index in [0.29, 0.717) is 0 Å². The summed E-state index contributed by atoms with van der Waals surface area (Å²) in [5.41, 5.74) is 3.74. The zero-order valence-corrected chi connectivity index (χ0v) is 16.4. The molecule has 0 aliphatic carbocycles. The van der Waals surface area contributed by atoms with Crippen LogP contribution in [0.4, 0.5) is 0 Å². The first-order chi connectivity index (χ1) is 12.7. The maximum absolute atomic E-state index is 12.0. The molecule has 1 N–H and O–H groups in total. The molecule has 0 saturated carbocycles. The minimum atomic E-state index is -0.220. The van der Waals surface area contributed by atoms with E-state index in [-0.39, 0.29) is 16.8 Å². The van der Waals surface area contributed by atoms with Crippen molar-refractivity contribution in [2.75, 3.05) is 19.4 Å². The Bertz CT molecular complexity index is 717. The van der Waals surface area contributed by atoms with Crippen LogP contribution in [0, 0.1) is 0 Å². The van der Waals surface area contributed by atoms with E-state index in [9.17, 15) is 4.79 Å². The molecule has 0 radical (unpaired) electrons. The molecule has 2 aromatic rings. The molecule has 2 atom stereocenters. The number of rotatable bonds is 7. The van der Waals surface area contributed by atoms with Gasteiger partial charge in [-0.2, -0.15) is 0 Å². The molecule has 3 rings (SSSR count). The maximum Gasteiger partial charge on any atom is 0.322 e. The first-order valence-corrected chi connectivity index (χ1v) is 10.3. The van der Waals surface area contributed by atoms with Crippen LogP contribution in [-0.4, -0.2) is 31.4 Å². The molecule has 0 bridgehead atoms. The van der Waals surface area contributed by atoms with E-state index < -0.39 is 0 Å². The Morgan fingerprint density at radius 3 is 2.50 bits per heavy atom. The quantitative estimate of drug-likeness (QED) is 0.571. The van der Waals surface area contributed by atoms with Crippen molar-refractivity contribution in [3.63, 3.8) is 0 Å². The Morgan fingerprint density at radius 1 is 1.15 bits per heavy atom. The number of thioether (sulfide) groups is 1. The van der Waals surface area contributed by atoms with Gasteiger partial charge in [-0.15, -0.1) is 11.8 Å². The van der Waals surface area contributed by atoms with Gasteiger partial charge in [-0.05, 0) is 35.3 Å². The monoisotopic (exact) mass is 369 g/mol. The van der Waals surface area contributed by atoms with Crippen LogP contribution in [0.2, 0.25) is 0 Å². The van der Waals surface area contributed by atoms with E-state index in [1.54, 1.807) is 0 Å². The van der Waals surface area contributed by atoms with Crippen molar-refractivity contribution in [3.05, 3.63) is 60.2 Å². The van der Waals surface area contributed by atoms with Crippen molar-refractivity contribution in [2.24, 2.45) is 0 Å². The van der Waals surface area contributed by atoms with Crippen LogP contribution in [0.3, 0.4) is 0 Å². The average Bonchev–Trinajstić information content (AvgIpc) is 3.14. The zero-order valence-electron chi connectivity index (χ0n) is 15.5. The summed E-state index contributed by atoms with van der Waals surface area (Å²) >= 11 is 1.97. The van der Waals surface area contributed by atoms with Gasteiger partial charge in [-0.25, -0.2) is 0 Å². The van der Waals surface area contributed by atoms with E-state index in [1.807, 2.05) is 17.8 Å². The van der Waals surface area contributed by atoms with Gasteiger partial charge in [0, 0.05) is 6.54 Å². The lowest BCUT2D eigenvalue weighted by Gasteiger charge is -2.29. The second-order valence-corrected chi connectivity index (χ2v) is 8.28. The Labute approximate surface area is 160 Å². The summed E-state index contributed by atoms with van der Waals surface area (Å²) in [6.45, 7) is 3.01. The van der Waals surface area contributed by atoms with Gasteiger partial charge in [0.05, 0.1) is 11.9 Å². The number of benzene rings is 2. The maximum atomic E-state index is 12.0. The van der Waals surface area contributed by atoms with E-state index in [2.05, 4.69) is 60.8 Å². The number of carbonyl (C=O) groups excluding carboxylic acids is 1. The zero-order chi connectivity index (χ0) is 18.4. The molecule has 138 valence electrons. The van der Waals surface area contributed by atoms with Crippen molar-refractivity contribution in [2.45, 2.75) is 37.0 Å². The average molecular weight is 370 g/mol. The second kappa shape index (κ2) is 8.74. The number of carbonyl (C=O) groups is 1. The van der Waals surface area contributed by atoms with Gasteiger partial charge in [-0.1, -0.05) is 67.9 Å². The Hall–Kier alpha value is -1.78. The lowest BCUT2D eigenvalue weighted by atomic mass is 9.93. The van der Waals surface area contributed by atoms with Crippen LogP contribution in [0.25, 0.3) is 11.1 Å². The third kappa shape index (κ3) is 4.13. The molecule has 26 heavy (non-hydrogen) atoms. The van der Waals surface area contributed by atoms with Crippen molar-refractivity contribution in [3.8, 4) is 11.1 Å². The summed E-state index contributed by atoms with van der Waals surface area (Å²) in [6, 6.07) is 19.0. The largest absolute Gasteiger partial charge is 0.468 e. The van der Waals surface area contributed by atoms with Gasteiger partial charge in [0.25, 0.3) is 0 Å². The fraction of sp³-hybridized carbons (Fsp3) is 0.409. The van der Waals surface area contributed by atoms with Crippen LogP contribution < -0.4 is 5.32 Å². The van der Waals surface area contributed by atoms with Crippen LogP contribution in [-0.2, 0) is 14.3 Å². The summed E-state index contributed by atoms with van der Waals surface area (Å²) < 4.78 is 4.89. The number of methoxy groups -OCH3 is 1. The molecular weight excluding hydrogens is 342 g/mol. The Balaban J connectivity index is 1.84. The molecule has 4 heteroatoms. The van der Waals surface area contributed by atoms with E-state index in [1.165, 1.54) is 36.6 Å². The minimum absolute atomic E-state index is 0.0662. The number of esters is 1. The topological polar surface area (TPSA) is 38.3 Å². The van der Waals surface area contributed by atoms with E-state index in [4.69, 9.17) is 4.74 Å². The highest BCUT2D eigenvalue weighted by atomic mass is 32.2. The summed E-state index contributed by atoms with van der Waals surface area (Å²) in [5.74, 6) is 0.941. The smallest absolute Gasteiger partial charge is 0.322 e. The molecule has 0 unspecified atom stereocenters. The molecule has 0 spiro atoms. The Kier molecular flexibility index (Phi) is 6.38. The first-order valence-electron chi connectivity index (χ1n) is 9.29. The lowest BCUT2D eigenvalue weighted by molar-refractivity contribution is -0.142. The molecule has 1 fully saturated rings. The van der Waals surface area contributed by atoms with Crippen LogP contribution in [0.5, 0.6) is 0 Å². The fourth-order valence-electron chi connectivity index (χ4n) is 3.49. The molecule has 0 amide bonds. The summed E-state index contributed by atoms with van der Waals surface area (Å²) in [5, 5.41) is 3.37. The Morgan fingerprint density at radius 2 is 1.85 bits per heavy atom. The van der Waals surface area contributed by atoms with E-state index in [0.717, 1.165) is 18.7 Å². The molecule has 1 aliphatic heterocycles.